The molecule has 0 spiro atoms. The van der Waals surface area contributed by atoms with Gasteiger partial charge in [-0.3, -0.25) is 0 Å². The Bertz CT molecular complexity index is 1160. The van der Waals surface area contributed by atoms with E-state index in [1.807, 2.05) is 59.5 Å². The molecule has 7 heteroatoms. The first-order valence-electron chi connectivity index (χ1n) is 9.70. The van der Waals surface area contributed by atoms with Gasteiger partial charge in [0.2, 0.25) is 0 Å². The van der Waals surface area contributed by atoms with Gasteiger partial charge in [0, 0.05) is 29.9 Å². The predicted octanol–water partition coefficient (Wildman–Crippen LogP) is 4.09. The van der Waals surface area contributed by atoms with Crippen LogP contribution in [0.2, 0.25) is 0 Å². The van der Waals surface area contributed by atoms with E-state index in [1.54, 1.807) is 16.9 Å². The maximum Gasteiger partial charge on any atom is 0.321 e. The molecule has 1 saturated heterocycles. The highest BCUT2D eigenvalue weighted by atomic mass is 16.2. The molecule has 1 aliphatic rings. The van der Waals surface area contributed by atoms with Crippen LogP contribution in [0.4, 0.5) is 10.5 Å². The number of aromatic nitrogens is 4. The lowest BCUT2D eigenvalue weighted by Gasteiger charge is -2.16. The molecule has 0 saturated carbocycles. The molecule has 0 radical (unpaired) electrons. The van der Waals surface area contributed by atoms with Crippen LogP contribution >= 0.6 is 0 Å². The first kappa shape index (κ1) is 17.4. The molecule has 2 amide bonds. The van der Waals surface area contributed by atoms with E-state index < -0.39 is 0 Å². The number of hydrogen-bond acceptors (Lipinski definition) is 4. The van der Waals surface area contributed by atoms with Crippen LogP contribution in [0.3, 0.4) is 0 Å². The van der Waals surface area contributed by atoms with E-state index >= 15 is 0 Å². The second-order valence-corrected chi connectivity index (χ2v) is 7.07. The van der Waals surface area contributed by atoms with Crippen molar-refractivity contribution in [2.45, 2.75) is 12.8 Å². The average molecular weight is 384 g/mol. The Balaban J connectivity index is 1.43. The van der Waals surface area contributed by atoms with Crippen molar-refractivity contribution >= 4 is 17.5 Å². The highest BCUT2D eigenvalue weighted by Crippen LogP contribution is 2.23. The van der Waals surface area contributed by atoms with Gasteiger partial charge in [-0.25, -0.2) is 14.8 Å². The Morgan fingerprint density at radius 2 is 1.72 bits per heavy atom. The number of carbonyl (C=O) groups is 1. The van der Waals surface area contributed by atoms with Crippen LogP contribution in [0.5, 0.6) is 0 Å². The third kappa shape index (κ3) is 3.42. The molecule has 1 fully saturated rings. The van der Waals surface area contributed by atoms with Crippen LogP contribution in [0.25, 0.3) is 28.3 Å². The van der Waals surface area contributed by atoms with E-state index in [2.05, 4.69) is 20.4 Å². The van der Waals surface area contributed by atoms with E-state index in [1.165, 1.54) is 0 Å². The van der Waals surface area contributed by atoms with Crippen molar-refractivity contribution in [2.24, 2.45) is 0 Å². The van der Waals surface area contributed by atoms with Gasteiger partial charge < -0.3 is 10.2 Å². The number of imidazole rings is 1. The van der Waals surface area contributed by atoms with Gasteiger partial charge >= 0.3 is 6.03 Å². The molecule has 2 aromatic carbocycles. The summed E-state index contributed by atoms with van der Waals surface area (Å²) in [6, 6.07) is 17.6. The number of amides is 2. The van der Waals surface area contributed by atoms with E-state index in [9.17, 15) is 4.79 Å². The predicted molar refractivity (Wildman–Crippen MR) is 111 cm³/mol. The van der Waals surface area contributed by atoms with Gasteiger partial charge in [0.15, 0.2) is 0 Å². The zero-order valence-corrected chi connectivity index (χ0v) is 15.8. The van der Waals surface area contributed by atoms with Crippen LogP contribution in [-0.4, -0.2) is 43.6 Å². The second kappa shape index (κ2) is 7.35. The molecule has 0 atom stereocenters. The SMILES string of the molecule is O=C(Nc1cccc(-c2cnn3c(-c4ccccc4)cnc3n2)c1)N1CCCC1. The highest BCUT2D eigenvalue weighted by Gasteiger charge is 2.18. The summed E-state index contributed by atoms with van der Waals surface area (Å²) in [6.07, 6.45) is 5.64. The van der Waals surface area contributed by atoms with Crippen LogP contribution < -0.4 is 5.32 Å². The summed E-state index contributed by atoms with van der Waals surface area (Å²) < 4.78 is 1.73. The van der Waals surface area contributed by atoms with Crippen molar-refractivity contribution in [1.29, 1.82) is 0 Å². The molecule has 1 aliphatic heterocycles. The van der Waals surface area contributed by atoms with Crippen molar-refractivity contribution in [3.63, 3.8) is 0 Å². The minimum atomic E-state index is -0.0538. The number of carbonyl (C=O) groups excluding carboxylic acids is 1. The smallest absolute Gasteiger partial charge is 0.321 e. The maximum atomic E-state index is 12.3. The molecule has 29 heavy (non-hydrogen) atoms. The first-order valence-corrected chi connectivity index (χ1v) is 9.70. The van der Waals surface area contributed by atoms with Crippen LogP contribution in [-0.2, 0) is 0 Å². The molecule has 4 aromatic rings. The summed E-state index contributed by atoms with van der Waals surface area (Å²) in [5.41, 5.74) is 4.26. The normalized spacial score (nSPS) is 13.7. The van der Waals surface area contributed by atoms with Crippen molar-refractivity contribution < 1.29 is 4.79 Å². The summed E-state index contributed by atoms with van der Waals surface area (Å²) in [5.74, 6) is 0.535. The highest BCUT2D eigenvalue weighted by molar-refractivity contribution is 5.90. The molecule has 1 N–H and O–H groups in total. The van der Waals surface area contributed by atoms with E-state index in [-0.39, 0.29) is 6.03 Å². The van der Waals surface area contributed by atoms with Gasteiger partial charge in [0.25, 0.3) is 5.78 Å². The van der Waals surface area contributed by atoms with Gasteiger partial charge in [-0.2, -0.15) is 9.61 Å². The van der Waals surface area contributed by atoms with Crippen LogP contribution in [0.1, 0.15) is 12.8 Å². The monoisotopic (exact) mass is 384 g/mol. The van der Waals surface area contributed by atoms with Crippen LogP contribution in [0, 0.1) is 0 Å². The number of rotatable bonds is 3. The number of urea groups is 1. The Morgan fingerprint density at radius 1 is 0.931 bits per heavy atom. The standard InChI is InChI=1S/C22H20N6O/c29-22(27-11-4-5-12-27)25-18-10-6-9-17(13-18)19-14-24-28-20(15-23-21(28)26-19)16-7-2-1-3-8-16/h1-3,6-10,13-15H,4-5,11-12H2,(H,25,29). The Labute approximate surface area is 168 Å². The number of benzene rings is 2. The summed E-state index contributed by atoms with van der Waals surface area (Å²) in [5, 5.41) is 7.52. The average Bonchev–Trinajstić information content (AvgIpc) is 3.44. The third-order valence-corrected chi connectivity index (χ3v) is 5.11. The molecule has 0 aliphatic carbocycles. The number of hydrogen-bond donors (Lipinski definition) is 1. The third-order valence-electron chi connectivity index (χ3n) is 5.11. The van der Waals surface area contributed by atoms with Crippen molar-refractivity contribution in [1.82, 2.24) is 24.5 Å². The van der Waals surface area contributed by atoms with Gasteiger partial charge in [-0.15, -0.1) is 0 Å². The Hall–Kier alpha value is -3.74. The minimum absolute atomic E-state index is 0.0538. The summed E-state index contributed by atoms with van der Waals surface area (Å²) in [7, 11) is 0. The largest absolute Gasteiger partial charge is 0.325 e. The number of anilines is 1. The second-order valence-electron chi connectivity index (χ2n) is 7.07. The van der Waals surface area contributed by atoms with Gasteiger partial charge in [0.1, 0.15) is 0 Å². The van der Waals surface area contributed by atoms with Crippen molar-refractivity contribution in [2.75, 3.05) is 18.4 Å². The summed E-state index contributed by atoms with van der Waals surface area (Å²) >= 11 is 0. The molecule has 0 bridgehead atoms. The Kier molecular flexibility index (Phi) is 4.40. The quantitative estimate of drug-likeness (QED) is 0.577. The lowest BCUT2D eigenvalue weighted by Crippen LogP contribution is -2.32. The molecule has 0 unspecified atom stereocenters. The van der Waals surface area contributed by atoms with Crippen molar-refractivity contribution in [3.05, 3.63) is 67.0 Å². The fraction of sp³-hybridized carbons (Fsp3) is 0.182. The Morgan fingerprint density at radius 3 is 2.55 bits per heavy atom. The topological polar surface area (TPSA) is 75.4 Å². The van der Waals surface area contributed by atoms with Gasteiger partial charge in [-0.05, 0) is 25.0 Å². The molecule has 3 heterocycles. The fourth-order valence-corrected chi connectivity index (χ4v) is 3.60. The zero-order chi connectivity index (χ0) is 19.6. The molecule has 5 rings (SSSR count). The van der Waals surface area contributed by atoms with E-state index in [4.69, 9.17) is 0 Å². The number of nitrogens with zero attached hydrogens (tertiary/aromatic N) is 5. The number of likely N-dealkylation sites (tertiary alicyclic amines) is 1. The van der Waals surface area contributed by atoms with Gasteiger partial charge in [0.05, 0.1) is 23.8 Å². The fourth-order valence-electron chi connectivity index (χ4n) is 3.60. The van der Waals surface area contributed by atoms with E-state index in [0.29, 0.717) is 11.5 Å². The molecular formula is C22H20N6O. The number of nitrogens with one attached hydrogen (secondary N) is 1. The first-order chi connectivity index (χ1) is 14.3. The molecule has 2 aromatic heterocycles. The van der Waals surface area contributed by atoms with Crippen molar-refractivity contribution in [3.8, 4) is 22.5 Å². The minimum Gasteiger partial charge on any atom is -0.325 e. The number of fused-ring (bicyclic) bond motifs is 1. The molecule has 144 valence electrons. The lowest BCUT2D eigenvalue weighted by molar-refractivity contribution is 0.222. The lowest BCUT2D eigenvalue weighted by atomic mass is 10.1. The summed E-state index contributed by atoms with van der Waals surface area (Å²) in [6.45, 7) is 1.63. The van der Waals surface area contributed by atoms with E-state index in [0.717, 1.165) is 48.4 Å². The molecule has 7 nitrogen and oxygen atoms in total. The molecular weight excluding hydrogens is 364 g/mol. The van der Waals surface area contributed by atoms with Gasteiger partial charge in [-0.1, -0.05) is 42.5 Å². The zero-order valence-electron chi connectivity index (χ0n) is 15.8. The maximum absolute atomic E-state index is 12.3. The summed E-state index contributed by atoms with van der Waals surface area (Å²) in [4.78, 5) is 23.3. The van der Waals surface area contributed by atoms with Crippen LogP contribution in [0.15, 0.2) is 67.0 Å².